The van der Waals surface area contributed by atoms with Gasteiger partial charge in [-0.15, -0.1) is 0 Å². The van der Waals surface area contributed by atoms with E-state index in [1.54, 1.807) is 17.9 Å². The Balaban J connectivity index is 2.84. The van der Waals surface area contributed by atoms with E-state index in [4.69, 9.17) is 5.26 Å². The summed E-state index contributed by atoms with van der Waals surface area (Å²) in [4.78, 5) is 11.6. The first-order valence-corrected chi connectivity index (χ1v) is 4.61. The minimum absolute atomic E-state index is 0.0106. The predicted octanol–water partition coefficient (Wildman–Crippen LogP) is 1.47. The zero-order valence-electron chi connectivity index (χ0n) is 8.45. The first-order valence-electron chi connectivity index (χ1n) is 4.61. The Morgan fingerprint density at radius 1 is 1.71 bits per heavy atom. The molecule has 0 aromatic carbocycles. The van der Waals surface area contributed by atoms with Gasteiger partial charge in [-0.2, -0.15) is 10.4 Å². The Labute approximate surface area is 83.1 Å². The molecule has 0 unspecified atom stereocenters. The van der Waals surface area contributed by atoms with Gasteiger partial charge in [0.1, 0.15) is 0 Å². The van der Waals surface area contributed by atoms with Crippen LogP contribution in [0.3, 0.4) is 0 Å². The van der Waals surface area contributed by atoms with E-state index in [0.717, 1.165) is 12.1 Å². The van der Waals surface area contributed by atoms with Crippen LogP contribution in [0.4, 0.5) is 0 Å². The molecule has 0 atom stereocenters. The maximum absolute atomic E-state index is 11.6. The molecule has 74 valence electrons. The standard InChI is InChI=1S/C10H13N3O/c1-3-9-8(7-13(2)12-9)10(14)5-4-6-11/h7H,3-5H2,1-2H3. The molecule has 0 aliphatic rings. The van der Waals surface area contributed by atoms with Crippen molar-refractivity contribution in [1.82, 2.24) is 9.78 Å². The molecular weight excluding hydrogens is 178 g/mol. The van der Waals surface area contributed by atoms with Crippen molar-refractivity contribution in [2.24, 2.45) is 7.05 Å². The van der Waals surface area contributed by atoms with Crippen LogP contribution in [-0.4, -0.2) is 15.6 Å². The van der Waals surface area contributed by atoms with Gasteiger partial charge in [0, 0.05) is 26.1 Å². The number of aromatic nitrogens is 2. The molecule has 1 aromatic rings. The number of hydrogen-bond acceptors (Lipinski definition) is 3. The van der Waals surface area contributed by atoms with Gasteiger partial charge in [0.15, 0.2) is 5.78 Å². The fourth-order valence-corrected chi connectivity index (χ4v) is 1.33. The Hall–Kier alpha value is -1.63. The summed E-state index contributed by atoms with van der Waals surface area (Å²) >= 11 is 0. The molecule has 14 heavy (non-hydrogen) atoms. The largest absolute Gasteiger partial charge is 0.294 e. The van der Waals surface area contributed by atoms with Gasteiger partial charge in [0.05, 0.1) is 17.3 Å². The lowest BCUT2D eigenvalue weighted by molar-refractivity contribution is 0.0983. The van der Waals surface area contributed by atoms with Gasteiger partial charge in [-0.3, -0.25) is 9.48 Å². The molecule has 1 heterocycles. The van der Waals surface area contributed by atoms with Gasteiger partial charge >= 0.3 is 0 Å². The first-order chi connectivity index (χ1) is 6.69. The summed E-state index contributed by atoms with van der Waals surface area (Å²) in [6.45, 7) is 1.96. The average molecular weight is 191 g/mol. The first kappa shape index (κ1) is 10.5. The van der Waals surface area contributed by atoms with E-state index < -0.39 is 0 Å². The Bertz CT molecular complexity index is 373. The summed E-state index contributed by atoms with van der Waals surface area (Å²) in [6, 6.07) is 1.96. The Kier molecular flexibility index (Phi) is 3.41. The van der Waals surface area contributed by atoms with Crippen LogP contribution < -0.4 is 0 Å². The molecule has 4 nitrogen and oxygen atoms in total. The van der Waals surface area contributed by atoms with E-state index in [9.17, 15) is 4.79 Å². The molecule has 0 bridgehead atoms. The summed E-state index contributed by atoms with van der Waals surface area (Å²) < 4.78 is 1.64. The van der Waals surface area contributed by atoms with E-state index in [1.165, 1.54) is 0 Å². The van der Waals surface area contributed by atoms with Crippen LogP contribution >= 0.6 is 0 Å². The second kappa shape index (κ2) is 4.56. The van der Waals surface area contributed by atoms with Crippen LogP contribution in [0.25, 0.3) is 0 Å². The lowest BCUT2D eigenvalue weighted by Crippen LogP contribution is -2.00. The van der Waals surface area contributed by atoms with Gasteiger partial charge in [-0.05, 0) is 6.42 Å². The van der Waals surface area contributed by atoms with Crippen LogP contribution in [0.2, 0.25) is 0 Å². The summed E-state index contributed by atoms with van der Waals surface area (Å²) in [5.74, 6) is 0.0106. The smallest absolute Gasteiger partial charge is 0.167 e. The average Bonchev–Trinajstić information content (AvgIpc) is 2.56. The third kappa shape index (κ3) is 2.19. The van der Waals surface area contributed by atoms with Crippen molar-refractivity contribution in [3.63, 3.8) is 0 Å². The van der Waals surface area contributed by atoms with Gasteiger partial charge in [-0.1, -0.05) is 6.92 Å². The fraction of sp³-hybridized carbons (Fsp3) is 0.500. The van der Waals surface area contributed by atoms with Gasteiger partial charge in [-0.25, -0.2) is 0 Å². The molecular formula is C10H13N3O. The highest BCUT2D eigenvalue weighted by Gasteiger charge is 2.13. The monoisotopic (exact) mass is 191 g/mol. The molecule has 0 radical (unpaired) electrons. The molecule has 0 amide bonds. The number of carbonyl (C=O) groups excluding carboxylic acids is 1. The predicted molar refractivity (Wildman–Crippen MR) is 51.8 cm³/mol. The molecule has 0 saturated heterocycles. The van der Waals surface area contributed by atoms with Crippen LogP contribution in [0.5, 0.6) is 0 Å². The number of rotatable bonds is 4. The number of nitriles is 1. The van der Waals surface area contributed by atoms with Crippen LogP contribution in [0.1, 0.15) is 35.8 Å². The van der Waals surface area contributed by atoms with E-state index in [-0.39, 0.29) is 18.6 Å². The molecule has 0 saturated carbocycles. The van der Waals surface area contributed by atoms with Crippen LogP contribution in [0.15, 0.2) is 6.20 Å². The van der Waals surface area contributed by atoms with Gasteiger partial charge in [0.2, 0.25) is 0 Å². The molecule has 0 spiro atoms. The number of Topliss-reactive ketones (excluding diaryl/α,β-unsaturated/α-hetero) is 1. The summed E-state index contributed by atoms with van der Waals surface area (Å²) in [6.07, 6.45) is 3.03. The quantitative estimate of drug-likeness (QED) is 0.677. The Morgan fingerprint density at radius 2 is 2.43 bits per heavy atom. The number of aryl methyl sites for hydroxylation is 2. The van der Waals surface area contributed by atoms with Gasteiger partial charge < -0.3 is 0 Å². The van der Waals surface area contributed by atoms with Crippen molar-refractivity contribution in [3.05, 3.63) is 17.5 Å². The maximum atomic E-state index is 11.6. The third-order valence-electron chi connectivity index (χ3n) is 2.00. The topological polar surface area (TPSA) is 58.7 Å². The van der Waals surface area contributed by atoms with E-state index in [1.807, 2.05) is 13.0 Å². The molecule has 0 fully saturated rings. The van der Waals surface area contributed by atoms with E-state index >= 15 is 0 Å². The highest BCUT2D eigenvalue weighted by Crippen LogP contribution is 2.10. The number of nitrogens with zero attached hydrogens (tertiary/aromatic N) is 3. The molecule has 0 aliphatic heterocycles. The normalized spacial score (nSPS) is 9.79. The lowest BCUT2D eigenvalue weighted by atomic mass is 10.1. The summed E-state index contributed by atoms with van der Waals surface area (Å²) in [7, 11) is 1.79. The zero-order valence-corrected chi connectivity index (χ0v) is 8.45. The van der Waals surface area contributed by atoms with Gasteiger partial charge in [0.25, 0.3) is 0 Å². The van der Waals surface area contributed by atoms with E-state index in [2.05, 4.69) is 5.10 Å². The fourth-order valence-electron chi connectivity index (χ4n) is 1.33. The van der Waals surface area contributed by atoms with Crippen molar-refractivity contribution < 1.29 is 4.79 Å². The number of ketones is 1. The van der Waals surface area contributed by atoms with Crippen molar-refractivity contribution in [3.8, 4) is 6.07 Å². The highest BCUT2D eigenvalue weighted by molar-refractivity contribution is 5.97. The summed E-state index contributed by atoms with van der Waals surface area (Å²) in [5.41, 5.74) is 1.47. The lowest BCUT2D eigenvalue weighted by Gasteiger charge is -1.95. The van der Waals surface area contributed by atoms with Crippen molar-refractivity contribution >= 4 is 5.78 Å². The second-order valence-electron chi connectivity index (χ2n) is 3.10. The van der Waals surface area contributed by atoms with Crippen molar-refractivity contribution in [1.29, 1.82) is 5.26 Å². The SMILES string of the molecule is CCc1nn(C)cc1C(=O)CCC#N. The minimum Gasteiger partial charge on any atom is -0.294 e. The number of hydrogen-bond donors (Lipinski definition) is 0. The molecule has 1 rings (SSSR count). The summed E-state index contributed by atoms with van der Waals surface area (Å²) in [5, 5.41) is 12.5. The molecule has 1 aromatic heterocycles. The molecule has 4 heteroatoms. The van der Waals surface area contributed by atoms with Crippen molar-refractivity contribution in [2.45, 2.75) is 26.2 Å². The molecule has 0 N–H and O–H groups in total. The molecule has 0 aliphatic carbocycles. The third-order valence-corrected chi connectivity index (χ3v) is 2.00. The van der Waals surface area contributed by atoms with Crippen LogP contribution in [0, 0.1) is 11.3 Å². The van der Waals surface area contributed by atoms with Crippen LogP contribution in [-0.2, 0) is 13.5 Å². The zero-order chi connectivity index (χ0) is 10.6. The second-order valence-corrected chi connectivity index (χ2v) is 3.10. The maximum Gasteiger partial charge on any atom is 0.167 e. The number of carbonyl (C=O) groups is 1. The Morgan fingerprint density at radius 3 is 3.00 bits per heavy atom. The minimum atomic E-state index is 0.0106. The highest BCUT2D eigenvalue weighted by atomic mass is 16.1. The van der Waals surface area contributed by atoms with Crippen molar-refractivity contribution in [2.75, 3.05) is 0 Å². The van der Waals surface area contributed by atoms with E-state index in [0.29, 0.717) is 5.56 Å².